The van der Waals surface area contributed by atoms with Crippen LogP contribution in [0.5, 0.6) is 0 Å². The van der Waals surface area contributed by atoms with E-state index in [1.54, 1.807) is 0 Å². The minimum absolute atomic E-state index is 0.231. The molecule has 0 aliphatic carbocycles. The molecule has 0 fully saturated rings. The number of aliphatic hydroxyl groups is 1. The van der Waals surface area contributed by atoms with E-state index in [1.807, 2.05) is 0 Å². The van der Waals surface area contributed by atoms with Gasteiger partial charge in [0.05, 0.1) is 5.60 Å². The lowest BCUT2D eigenvalue weighted by Crippen LogP contribution is -2.40. The Morgan fingerprint density at radius 2 is 1.89 bits per heavy atom. The summed E-state index contributed by atoms with van der Waals surface area (Å²) in [6.45, 7) is 2.60. The van der Waals surface area contributed by atoms with Crippen molar-refractivity contribution in [1.29, 1.82) is 0 Å². The first kappa shape index (κ1) is 15.0. The standard InChI is InChI=1S/C11H15F2NO3S/c1-11(2,15)7-14(3)18(16,17)9-6-4-5-8(12)10(9)13/h4-6,15H,7H2,1-3H3. The van der Waals surface area contributed by atoms with Gasteiger partial charge in [-0.25, -0.2) is 17.2 Å². The van der Waals surface area contributed by atoms with E-state index in [4.69, 9.17) is 0 Å². The minimum Gasteiger partial charge on any atom is -0.389 e. The first-order chi connectivity index (χ1) is 8.05. The van der Waals surface area contributed by atoms with Crippen LogP contribution in [0.1, 0.15) is 13.8 Å². The molecule has 0 bridgehead atoms. The van der Waals surface area contributed by atoms with Crippen LogP contribution in [0.3, 0.4) is 0 Å². The molecule has 0 amide bonds. The zero-order chi connectivity index (χ0) is 14.1. The van der Waals surface area contributed by atoms with Crippen LogP contribution >= 0.6 is 0 Å². The van der Waals surface area contributed by atoms with E-state index in [2.05, 4.69) is 0 Å². The Balaban J connectivity index is 3.18. The number of halogens is 2. The maximum atomic E-state index is 13.4. The highest BCUT2D eigenvalue weighted by Gasteiger charge is 2.29. The molecule has 0 aliphatic heterocycles. The Bertz CT molecular complexity index is 538. The molecule has 0 atom stereocenters. The topological polar surface area (TPSA) is 57.6 Å². The van der Waals surface area contributed by atoms with E-state index in [0.717, 1.165) is 22.5 Å². The molecule has 0 spiro atoms. The van der Waals surface area contributed by atoms with Crippen molar-refractivity contribution in [2.75, 3.05) is 13.6 Å². The first-order valence-electron chi connectivity index (χ1n) is 5.18. The summed E-state index contributed by atoms with van der Waals surface area (Å²) >= 11 is 0. The molecule has 0 aliphatic rings. The fourth-order valence-electron chi connectivity index (χ4n) is 1.48. The molecule has 7 heteroatoms. The summed E-state index contributed by atoms with van der Waals surface area (Å²) < 4.78 is 51.2. The van der Waals surface area contributed by atoms with Gasteiger partial charge in [-0.05, 0) is 26.0 Å². The van der Waals surface area contributed by atoms with Gasteiger partial charge in [0.1, 0.15) is 4.90 Å². The number of hydrogen-bond acceptors (Lipinski definition) is 3. The number of likely N-dealkylation sites (N-methyl/N-ethyl adjacent to an activating group) is 1. The van der Waals surface area contributed by atoms with Gasteiger partial charge < -0.3 is 5.11 Å². The third-order valence-electron chi connectivity index (χ3n) is 2.21. The lowest BCUT2D eigenvalue weighted by Gasteiger charge is -2.25. The smallest absolute Gasteiger partial charge is 0.245 e. The van der Waals surface area contributed by atoms with Crippen LogP contribution < -0.4 is 0 Å². The van der Waals surface area contributed by atoms with Crippen molar-refractivity contribution in [3.63, 3.8) is 0 Å². The third kappa shape index (κ3) is 3.24. The molecule has 1 aromatic carbocycles. The van der Waals surface area contributed by atoms with Gasteiger partial charge in [-0.3, -0.25) is 0 Å². The van der Waals surface area contributed by atoms with Gasteiger partial charge in [0.15, 0.2) is 11.6 Å². The molecule has 0 unspecified atom stereocenters. The molecular weight excluding hydrogens is 264 g/mol. The molecule has 1 N–H and O–H groups in total. The molecule has 18 heavy (non-hydrogen) atoms. The van der Waals surface area contributed by atoms with Crippen molar-refractivity contribution < 1.29 is 22.3 Å². The fourth-order valence-corrected chi connectivity index (χ4v) is 2.88. The van der Waals surface area contributed by atoms with E-state index >= 15 is 0 Å². The quantitative estimate of drug-likeness (QED) is 0.905. The Hall–Kier alpha value is -1.05. The second-order valence-corrected chi connectivity index (χ2v) is 6.64. The van der Waals surface area contributed by atoms with Crippen molar-refractivity contribution in [1.82, 2.24) is 4.31 Å². The Morgan fingerprint density at radius 3 is 2.39 bits per heavy atom. The lowest BCUT2D eigenvalue weighted by atomic mass is 10.1. The fraction of sp³-hybridized carbons (Fsp3) is 0.455. The number of rotatable bonds is 4. The molecule has 0 saturated carbocycles. The maximum Gasteiger partial charge on any atom is 0.245 e. The Labute approximate surface area is 105 Å². The van der Waals surface area contributed by atoms with Gasteiger partial charge in [-0.1, -0.05) is 6.07 Å². The van der Waals surface area contributed by atoms with Crippen molar-refractivity contribution >= 4 is 10.0 Å². The predicted molar refractivity (Wildman–Crippen MR) is 62.5 cm³/mol. The highest BCUT2D eigenvalue weighted by molar-refractivity contribution is 7.89. The average molecular weight is 279 g/mol. The van der Waals surface area contributed by atoms with Crippen LogP contribution in [0.25, 0.3) is 0 Å². The molecule has 102 valence electrons. The van der Waals surface area contributed by atoms with E-state index in [0.29, 0.717) is 0 Å². The van der Waals surface area contributed by atoms with Crippen LogP contribution in [0.4, 0.5) is 8.78 Å². The first-order valence-corrected chi connectivity index (χ1v) is 6.62. The van der Waals surface area contributed by atoms with Crippen molar-refractivity contribution in [2.45, 2.75) is 24.3 Å². The van der Waals surface area contributed by atoms with Gasteiger partial charge in [-0.2, -0.15) is 4.31 Å². The highest BCUT2D eigenvalue weighted by Crippen LogP contribution is 2.21. The van der Waals surface area contributed by atoms with Gasteiger partial charge in [0.2, 0.25) is 10.0 Å². The summed E-state index contributed by atoms with van der Waals surface area (Å²) in [5.41, 5.74) is -1.27. The van der Waals surface area contributed by atoms with E-state index in [1.165, 1.54) is 20.9 Å². The molecule has 4 nitrogen and oxygen atoms in total. The largest absolute Gasteiger partial charge is 0.389 e. The van der Waals surface area contributed by atoms with E-state index in [9.17, 15) is 22.3 Å². The van der Waals surface area contributed by atoms with Gasteiger partial charge >= 0.3 is 0 Å². The average Bonchev–Trinajstić information content (AvgIpc) is 2.19. The summed E-state index contributed by atoms with van der Waals surface area (Å²) in [5, 5.41) is 9.55. The van der Waals surface area contributed by atoms with E-state index < -0.39 is 32.2 Å². The molecule has 0 saturated heterocycles. The normalized spacial score (nSPS) is 13.1. The van der Waals surface area contributed by atoms with Crippen molar-refractivity contribution in [3.8, 4) is 0 Å². The second-order valence-electron chi connectivity index (χ2n) is 4.63. The van der Waals surface area contributed by atoms with Crippen LogP contribution in [-0.4, -0.2) is 37.0 Å². The number of hydrogen-bond donors (Lipinski definition) is 1. The second kappa shape index (κ2) is 4.91. The summed E-state index contributed by atoms with van der Waals surface area (Å²) in [4.78, 5) is -0.741. The Morgan fingerprint density at radius 1 is 1.33 bits per heavy atom. The predicted octanol–water partition coefficient (Wildman–Crippen LogP) is 1.36. The summed E-state index contributed by atoms with van der Waals surface area (Å²) in [5.74, 6) is -2.65. The Kier molecular flexibility index (Phi) is 4.09. The summed E-state index contributed by atoms with van der Waals surface area (Å²) in [6.07, 6.45) is 0. The maximum absolute atomic E-state index is 13.4. The monoisotopic (exact) mass is 279 g/mol. The molecule has 0 aromatic heterocycles. The van der Waals surface area contributed by atoms with E-state index in [-0.39, 0.29) is 6.54 Å². The van der Waals surface area contributed by atoms with Crippen molar-refractivity contribution in [3.05, 3.63) is 29.8 Å². The zero-order valence-electron chi connectivity index (χ0n) is 10.3. The number of nitrogens with zero attached hydrogens (tertiary/aromatic N) is 1. The number of benzene rings is 1. The molecular formula is C11H15F2NO3S. The molecule has 1 aromatic rings. The SMILES string of the molecule is CN(CC(C)(C)O)S(=O)(=O)c1cccc(F)c1F. The lowest BCUT2D eigenvalue weighted by molar-refractivity contribution is 0.0639. The van der Waals surface area contributed by atoms with Gasteiger partial charge in [0.25, 0.3) is 0 Å². The highest BCUT2D eigenvalue weighted by atomic mass is 32.2. The van der Waals surface area contributed by atoms with Crippen LogP contribution in [-0.2, 0) is 10.0 Å². The summed E-state index contributed by atoms with van der Waals surface area (Å²) in [6, 6.07) is 2.93. The van der Waals surface area contributed by atoms with Gasteiger partial charge in [0, 0.05) is 13.6 Å². The van der Waals surface area contributed by atoms with Crippen molar-refractivity contribution in [2.24, 2.45) is 0 Å². The van der Waals surface area contributed by atoms with Crippen LogP contribution in [0.15, 0.2) is 23.1 Å². The zero-order valence-corrected chi connectivity index (χ0v) is 11.1. The molecule has 0 radical (unpaired) electrons. The van der Waals surface area contributed by atoms with Crippen LogP contribution in [0, 0.1) is 11.6 Å². The van der Waals surface area contributed by atoms with Crippen LogP contribution in [0.2, 0.25) is 0 Å². The third-order valence-corrected chi connectivity index (χ3v) is 4.03. The van der Waals surface area contributed by atoms with Gasteiger partial charge in [-0.15, -0.1) is 0 Å². The number of sulfonamides is 1. The minimum atomic E-state index is -4.17. The molecule has 1 rings (SSSR count). The summed E-state index contributed by atoms with van der Waals surface area (Å²) in [7, 11) is -2.97. The molecule has 0 heterocycles.